The number of hydrogen-bond donors (Lipinski definition) is 0. The lowest BCUT2D eigenvalue weighted by Gasteiger charge is -2.13. The van der Waals surface area contributed by atoms with Gasteiger partial charge >= 0.3 is 0 Å². The molecule has 0 radical (unpaired) electrons. The second kappa shape index (κ2) is 7.11. The van der Waals surface area contributed by atoms with Gasteiger partial charge in [0.25, 0.3) is 11.1 Å². The summed E-state index contributed by atoms with van der Waals surface area (Å²) in [5.41, 5.74) is 1.49. The molecule has 1 aliphatic rings. The molecule has 1 heterocycles. The summed E-state index contributed by atoms with van der Waals surface area (Å²) in [5, 5.41) is 0.228. The lowest BCUT2D eigenvalue weighted by Crippen LogP contribution is -2.27. The molecule has 1 fully saturated rings. The fourth-order valence-corrected chi connectivity index (χ4v) is 3.38. The molecule has 122 valence electrons. The largest absolute Gasteiger partial charge is 0.496 e. The maximum Gasteiger partial charge on any atom is 0.293 e. The van der Waals surface area contributed by atoms with E-state index in [9.17, 15) is 9.59 Å². The number of imide groups is 1. The van der Waals surface area contributed by atoms with E-state index in [0.717, 1.165) is 22.9 Å². The Morgan fingerprint density at radius 2 is 1.83 bits per heavy atom. The van der Waals surface area contributed by atoms with Crippen LogP contribution >= 0.6 is 23.4 Å². The van der Waals surface area contributed by atoms with Crippen LogP contribution in [0.4, 0.5) is 4.79 Å². The Morgan fingerprint density at radius 3 is 2.58 bits per heavy atom. The van der Waals surface area contributed by atoms with Crippen molar-refractivity contribution in [1.82, 2.24) is 4.90 Å². The molecule has 2 aromatic carbocycles. The minimum Gasteiger partial charge on any atom is -0.496 e. The van der Waals surface area contributed by atoms with Gasteiger partial charge < -0.3 is 4.74 Å². The average molecular weight is 360 g/mol. The molecule has 0 unspecified atom stereocenters. The van der Waals surface area contributed by atoms with Crippen LogP contribution in [0.15, 0.2) is 53.4 Å². The summed E-state index contributed by atoms with van der Waals surface area (Å²) in [4.78, 5) is 26.3. The zero-order valence-electron chi connectivity index (χ0n) is 12.9. The predicted molar refractivity (Wildman–Crippen MR) is 96.0 cm³/mol. The van der Waals surface area contributed by atoms with Crippen LogP contribution in [0.1, 0.15) is 11.1 Å². The highest BCUT2D eigenvalue weighted by Crippen LogP contribution is 2.35. The van der Waals surface area contributed by atoms with Crippen LogP contribution in [0, 0.1) is 0 Å². The summed E-state index contributed by atoms with van der Waals surface area (Å²) in [7, 11) is 1.57. The molecule has 2 aromatic rings. The smallest absolute Gasteiger partial charge is 0.293 e. The number of benzene rings is 2. The van der Waals surface area contributed by atoms with Crippen LogP contribution in [-0.2, 0) is 11.3 Å². The topological polar surface area (TPSA) is 46.6 Å². The van der Waals surface area contributed by atoms with Crippen molar-refractivity contribution in [1.29, 1.82) is 0 Å². The quantitative estimate of drug-likeness (QED) is 0.749. The van der Waals surface area contributed by atoms with Gasteiger partial charge in [0.2, 0.25) is 0 Å². The minimum atomic E-state index is -0.323. The summed E-state index contributed by atoms with van der Waals surface area (Å²) in [5.74, 6) is 0.325. The van der Waals surface area contributed by atoms with Crippen molar-refractivity contribution in [3.8, 4) is 5.75 Å². The van der Waals surface area contributed by atoms with E-state index in [4.69, 9.17) is 16.3 Å². The highest BCUT2D eigenvalue weighted by molar-refractivity contribution is 8.18. The van der Waals surface area contributed by atoms with E-state index in [-0.39, 0.29) is 17.7 Å². The first kappa shape index (κ1) is 16.6. The van der Waals surface area contributed by atoms with Gasteiger partial charge in [-0.05, 0) is 35.5 Å². The van der Waals surface area contributed by atoms with Gasteiger partial charge in [-0.3, -0.25) is 14.5 Å². The molecular formula is C18H14ClNO3S. The van der Waals surface area contributed by atoms with Crippen molar-refractivity contribution in [2.75, 3.05) is 7.11 Å². The molecule has 0 spiro atoms. The number of methoxy groups -OCH3 is 1. The number of thioether (sulfide) groups is 1. The number of hydrogen-bond acceptors (Lipinski definition) is 4. The molecule has 0 saturated carbocycles. The third-order valence-electron chi connectivity index (χ3n) is 3.59. The minimum absolute atomic E-state index is 0.160. The molecule has 0 aromatic heterocycles. The second-order valence-electron chi connectivity index (χ2n) is 5.10. The number of para-hydroxylation sites is 1. The first-order chi connectivity index (χ1) is 11.6. The van der Waals surface area contributed by atoms with Crippen molar-refractivity contribution in [3.63, 3.8) is 0 Å². The van der Waals surface area contributed by atoms with Gasteiger partial charge in [-0.2, -0.15) is 0 Å². The normalized spacial score (nSPS) is 16.1. The van der Waals surface area contributed by atoms with Gasteiger partial charge in [0.15, 0.2) is 0 Å². The number of carbonyl (C=O) groups excluding carboxylic acids is 2. The molecular weight excluding hydrogens is 346 g/mol. The van der Waals surface area contributed by atoms with Gasteiger partial charge in [0.05, 0.1) is 18.6 Å². The Hall–Kier alpha value is -2.24. The lowest BCUT2D eigenvalue weighted by molar-refractivity contribution is -0.123. The summed E-state index contributed by atoms with van der Waals surface area (Å²) >= 11 is 7.04. The van der Waals surface area contributed by atoms with Gasteiger partial charge in [0, 0.05) is 10.6 Å². The van der Waals surface area contributed by atoms with E-state index in [0.29, 0.717) is 15.7 Å². The van der Waals surface area contributed by atoms with Crippen LogP contribution in [0.25, 0.3) is 6.08 Å². The van der Waals surface area contributed by atoms with Crippen molar-refractivity contribution in [2.45, 2.75) is 6.54 Å². The number of amides is 2. The molecule has 2 amide bonds. The van der Waals surface area contributed by atoms with E-state index in [1.54, 1.807) is 37.5 Å². The molecule has 1 saturated heterocycles. The predicted octanol–water partition coefficient (Wildman–Crippen LogP) is 4.59. The third-order valence-corrected chi connectivity index (χ3v) is 4.86. The molecule has 6 heteroatoms. The number of nitrogens with zero attached hydrogens (tertiary/aromatic N) is 1. The molecule has 0 aliphatic carbocycles. The number of halogens is 1. The molecule has 0 bridgehead atoms. The monoisotopic (exact) mass is 359 g/mol. The molecule has 0 atom stereocenters. The Bertz CT molecular complexity index is 835. The highest BCUT2D eigenvalue weighted by atomic mass is 35.5. The summed E-state index contributed by atoms with van der Waals surface area (Å²) in [6, 6.07) is 14.5. The van der Waals surface area contributed by atoms with Gasteiger partial charge in [-0.25, -0.2) is 0 Å². The van der Waals surface area contributed by atoms with E-state index in [1.165, 1.54) is 4.90 Å². The van der Waals surface area contributed by atoms with E-state index >= 15 is 0 Å². The number of rotatable bonds is 4. The Kier molecular flexibility index (Phi) is 4.92. The van der Waals surface area contributed by atoms with Crippen LogP contribution in [0.5, 0.6) is 5.75 Å². The van der Waals surface area contributed by atoms with Crippen molar-refractivity contribution >= 4 is 40.6 Å². The van der Waals surface area contributed by atoms with Gasteiger partial charge in [-0.15, -0.1) is 0 Å². The van der Waals surface area contributed by atoms with E-state index < -0.39 is 0 Å². The second-order valence-corrected chi connectivity index (χ2v) is 6.50. The molecule has 1 aliphatic heterocycles. The van der Waals surface area contributed by atoms with Crippen molar-refractivity contribution in [3.05, 3.63) is 69.6 Å². The van der Waals surface area contributed by atoms with E-state index in [2.05, 4.69) is 0 Å². The molecule has 3 rings (SSSR count). The fraction of sp³-hybridized carbons (Fsp3) is 0.111. The first-order valence-corrected chi connectivity index (χ1v) is 8.41. The average Bonchev–Trinajstić information content (AvgIpc) is 2.85. The number of carbonyl (C=O) groups is 2. The summed E-state index contributed by atoms with van der Waals surface area (Å²) in [6.45, 7) is 0.160. The first-order valence-electron chi connectivity index (χ1n) is 7.22. The standard InChI is InChI=1S/C18H14ClNO3S/c1-23-15-9-5-3-6-12(15)10-16-17(21)20(18(22)24-16)11-13-7-2-4-8-14(13)19/h2-10H,11H2,1H3. The van der Waals surface area contributed by atoms with Crippen molar-refractivity contribution < 1.29 is 14.3 Å². The van der Waals surface area contributed by atoms with Gasteiger partial charge in [0.1, 0.15) is 5.75 Å². The summed E-state index contributed by atoms with van der Waals surface area (Å²) in [6.07, 6.45) is 1.68. The van der Waals surface area contributed by atoms with Crippen LogP contribution in [-0.4, -0.2) is 23.2 Å². The maximum atomic E-state index is 12.6. The SMILES string of the molecule is COc1ccccc1C=C1SC(=O)N(Cc2ccccc2Cl)C1=O. The lowest BCUT2D eigenvalue weighted by atomic mass is 10.1. The Morgan fingerprint density at radius 1 is 1.12 bits per heavy atom. The molecule has 24 heavy (non-hydrogen) atoms. The fourth-order valence-electron chi connectivity index (χ4n) is 2.36. The third kappa shape index (κ3) is 3.32. The zero-order chi connectivity index (χ0) is 17.1. The van der Waals surface area contributed by atoms with Crippen LogP contribution in [0.3, 0.4) is 0 Å². The molecule has 0 N–H and O–H groups in total. The van der Waals surface area contributed by atoms with Crippen molar-refractivity contribution in [2.24, 2.45) is 0 Å². The maximum absolute atomic E-state index is 12.6. The van der Waals surface area contributed by atoms with Gasteiger partial charge in [-0.1, -0.05) is 48.0 Å². The Labute approximate surface area is 149 Å². The van der Waals surface area contributed by atoms with Crippen LogP contribution < -0.4 is 4.74 Å². The highest BCUT2D eigenvalue weighted by Gasteiger charge is 2.35. The number of ether oxygens (including phenoxy) is 1. The van der Waals surface area contributed by atoms with E-state index in [1.807, 2.05) is 24.3 Å². The van der Waals surface area contributed by atoms with Crippen LogP contribution in [0.2, 0.25) is 5.02 Å². The molecule has 4 nitrogen and oxygen atoms in total. The zero-order valence-corrected chi connectivity index (χ0v) is 14.4. The Balaban J connectivity index is 1.86. The summed E-state index contributed by atoms with van der Waals surface area (Å²) < 4.78 is 5.27.